The van der Waals surface area contributed by atoms with E-state index in [1.54, 1.807) is 12.1 Å². The number of nitrogens with one attached hydrogen (secondary N) is 1. The van der Waals surface area contributed by atoms with Crippen molar-refractivity contribution in [2.75, 3.05) is 0 Å². The van der Waals surface area contributed by atoms with Gasteiger partial charge in [0.05, 0.1) is 0 Å². The summed E-state index contributed by atoms with van der Waals surface area (Å²) in [5.41, 5.74) is 0.824. The molecule has 0 saturated heterocycles. The summed E-state index contributed by atoms with van der Waals surface area (Å²) in [6.45, 7) is 5.00. The minimum Gasteiger partial charge on any atom is -0.508 e. The molecule has 0 aromatic heterocycles. The normalized spacial score (nSPS) is 12.6. The van der Waals surface area contributed by atoms with Gasteiger partial charge in [-0.05, 0) is 19.4 Å². The first-order valence-corrected chi connectivity index (χ1v) is 6.37. The minimum absolute atomic E-state index is 0.0993. The van der Waals surface area contributed by atoms with Crippen molar-refractivity contribution in [3.05, 3.63) is 23.8 Å². The van der Waals surface area contributed by atoms with E-state index in [4.69, 9.17) is 0 Å². The maximum Gasteiger partial charge on any atom is 0.123 e. The second kappa shape index (κ2) is 7.17. The fourth-order valence-corrected chi connectivity index (χ4v) is 1.79. The van der Waals surface area contributed by atoms with Gasteiger partial charge in [0, 0.05) is 24.2 Å². The highest BCUT2D eigenvalue weighted by atomic mass is 16.3. The van der Waals surface area contributed by atoms with E-state index in [2.05, 4.69) is 19.2 Å². The zero-order chi connectivity index (χ0) is 12.7. The fraction of sp³-hybridized carbons (Fsp3) is 0.571. The van der Waals surface area contributed by atoms with Crippen LogP contribution in [-0.4, -0.2) is 16.3 Å². The summed E-state index contributed by atoms with van der Waals surface area (Å²) in [5, 5.41) is 22.2. The predicted molar refractivity (Wildman–Crippen MR) is 70.2 cm³/mol. The Bertz CT molecular complexity index is 339. The lowest BCUT2D eigenvalue weighted by atomic mass is 10.1. The first-order chi connectivity index (χ1) is 8.13. The second-order valence-corrected chi connectivity index (χ2v) is 4.59. The maximum atomic E-state index is 9.62. The third kappa shape index (κ3) is 5.09. The summed E-state index contributed by atoms with van der Waals surface area (Å²) in [4.78, 5) is 0. The van der Waals surface area contributed by atoms with Gasteiger partial charge < -0.3 is 15.5 Å². The van der Waals surface area contributed by atoms with E-state index in [0.29, 0.717) is 12.6 Å². The molecule has 0 aliphatic rings. The molecule has 0 bridgehead atoms. The molecule has 3 nitrogen and oxygen atoms in total. The minimum atomic E-state index is 0.0993. The van der Waals surface area contributed by atoms with E-state index in [9.17, 15) is 10.2 Å². The van der Waals surface area contributed by atoms with Crippen molar-refractivity contribution >= 4 is 0 Å². The molecule has 96 valence electrons. The molecule has 3 heteroatoms. The Kier molecular flexibility index (Phi) is 5.84. The lowest BCUT2D eigenvalue weighted by molar-refractivity contribution is 0.436. The topological polar surface area (TPSA) is 52.5 Å². The van der Waals surface area contributed by atoms with Crippen molar-refractivity contribution in [2.24, 2.45) is 0 Å². The lowest BCUT2D eigenvalue weighted by Gasteiger charge is -2.14. The molecular weight excluding hydrogens is 214 g/mol. The van der Waals surface area contributed by atoms with Crippen LogP contribution < -0.4 is 5.32 Å². The van der Waals surface area contributed by atoms with Crippen LogP contribution in [0.2, 0.25) is 0 Å². The van der Waals surface area contributed by atoms with Gasteiger partial charge in [-0.15, -0.1) is 0 Å². The van der Waals surface area contributed by atoms with Gasteiger partial charge in [-0.1, -0.05) is 32.3 Å². The van der Waals surface area contributed by atoms with Gasteiger partial charge in [0.15, 0.2) is 0 Å². The monoisotopic (exact) mass is 237 g/mol. The average Bonchev–Trinajstić information content (AvgIpc) is 2.28. The highest BCUT2D eigenvalue weighted by molar-refractivity contribution is 5.38. The molecule has 1 aromatic carbocycles. The van der Waals surface area contributed by atoms with E-state index in [-0.39, 0.29) is 11.5 Å². The predicted octanol–water partition coefficient (Wildman–Crippen LogP) is 3.16. The van der Waals surface area contributed by atoms with Crippen LogP contribution in [0.3, 0.4) is 0 Å². The molecule has 0 aliphatic carbocycles. The van der Waals surface area contributed by atoms with Crippen molar-refractivity contribution in [2.45, 2.75) is 52.1 Å². The van der Waals surface area contributed by atoms with Crippen LogP contribution in [0.15, 0.2) is 18.2 Å². The molecule has 1 unspecified atom stereocenters. The molecular formula is C14H23NO2. The van der Waals surface area contributed by atoms with Crippen molar-refractivity contribution in [1.82, 2.24) is 5.32 Å². The number of phenols is 2. The summed E-state index contributed by atoms with van der Waals surface area (Å²) in [6.07, 6.45) is 4.92. The summed E-state index contributed by atoms with van der Waals surface area (Å²) in [5.74, 6) is 0.250. The Labute approximate surface area is 103 Å². The van der Waals surface area contributed by atoms with Crippen molar-refractivity contribution in [3.63, 3.8) is 0 Å². The zero-order valence-electron chi connectivity index (χ0n) is 10.7. The molecule has 3 N–H and O–H groups in total. The van der Waals surface area contributed by atoms with Crippen LogP contribution in [0.1, 0.15) is 45.1 Å². The van der Waals surface area contributed by atoms with Crippen LogP contribution in [-0.2, 0) is 6.54 Å². The van der Waals surface area contributed by atoms with E-state index >= 15 is 0 Å². The third-order valence-corrected chi connectivity index (χ3v) is 2.95. The summed E-state index contributed by atoms with van der Waals surface area (Å²) in [7, 11) is 0. The second-order valence-electron chi connectivity index (χ2n) is 4.59. The van der Waals surface area contributed by atoms with Gasteiger partial charge in [0.1, 0.15) is 11.5 Å². The maximum absolute atomic E-state index is 9.62. The third-order valence-electron chi connectivity index (χ3n) is 2.95. The van der Waals surface area contributed by atoms with E-state index in [1.165, 1.54) is 25.3 Å². The van der Waals surface area contributed by atoms with Crippen LogP contribution in [0, 0.1) is 0 Å². The molecule has 0 aliphatic heterocycles. The smallest absolute Gasteiger partial charge is 0.123 e. The Morgan fingerprint density at radius 1 is 1.24 bits per heavy atom. The number of phenolic OH excluding ortho intramolecular Hbond substituents is 2. The largest absolute Gasteiger partial charge is 0.508 e. The highest BCUT2D eigenvalue weighted by Gasteiger charge is 2.05. The molecule has 0 fully saturated rings. The Morgan fingerprint density at radius 2 is 2.00 bits per heavy atom. The van der Waals surface area contributed by atoms with Crippen molar-refractivity contribution in [3.8, 4) is 11.5 Å². The van der Waals surface area contributed by atoms with Gasteiger partial charge in [0.2, 0.25) is 0 Å². The first-order valence-electron chi connectivity index (χ1n) is 6.37. The molecule has 0 saturated carbocycles. The number of hydrogen-bond donors (Lipinski definition) is 3. The standard InChI is InChI=1S/C14H23NO2/c1-3-4-5-6-11(2)15-10-12-7-8-13(16)9-14(12)17/h7-9,11,15-17H,3-6,10H2,1-2H3. The van der Waals surface area contributed by atoms with Crippen LogP contribution >= 0.6 is 0 Å². The van der Waals surface area contributed by atoms with Crippen LogP contribution in [0.4, 0.5) is 0 Å². The SMILES string of the molecule is CCCCCC(C)NCc1ccc(O)cc1O. The Balaban J connectivity index is 2.34. The summed E-state index contributed by atoms with van der Waals surface area (Å²) in [6, 6.07) is 5.17. The quantitative estimate of drug-likeness (QED) is 0.638. The molecule has 17 heavy (non-hydrogen) atoms. The number of aromatic hydroxyl groups is 2. The van der Waals surface area contributed by atoms with Gasteiger partial charge >= 0.3 is 0 Å². The summed E-state index contributed by atoms with van der Waals surface area (Å²) < 4.78 is 0. The lowest BCUT2D eigenvalue weighted by Crippen LogP contribution is -2.25. The molecule has 0 amide bonds. The molecule has 1 atom stereocenters. The van der Waals surface area contributed by atoms with E-state index in [1.807, 2.05) is 0 Å². The van der Waals surface area contributed by atoms with Crippen LogP contribution in [0.25, 0.3) is 0 Å². The van der Waals surface area contributed by atoms with Gasteiger partial charge in [-0.2, -0.15) is 0 Å². The fourth-order valence-electron chi connectivity index (χ4n) is 1.79. The number of rotatable bonds is 7. The Morgan fingerprint density at radius 3 is 2.65 bits per heavy atom. The number of hydrogen-bond acceptors (Lipinski definition) is 3. The molecule has 1 rings (SSSR count). The Hall–Kier alpha value is -1.22. The molecule has 0 spiro atoms. The molecule has 1 aromatic rings. The first kappa shape index (κ1) is 13.8. The van der Waals surface area contributed by atoms with E-state index in [0.717, 1.165) is 12.0 Å². The van der Waals surface area contributed by atoms with Crippen molar-refractivity contribution < 1.29 is 10.2 Å². The van der Waals surface area contributed by atoms with Gasteiger partial charge in [-0.3, -0.25) is 0 Å². The van der Waals surface area contributed by atoms with E-state index < -0.39 is 0 Å². The average molecular weight is 237 g/mol. The van der Waals surface area contributed by atoms with Gasteiger partial charge in [0.25, 0.3) is 0 Å². The molecule has 0 radical (unpaired) electrons. The number of unbranched alkanes of at least 4 members (excludes halogenated alkanes) is 2. The molecule has 0 heterocycles. The van der Waals surface area contributed by atoms with Crippen molar-refractivity contribution in [1.29, 1.82) is 0 Å². The summed E-state index contributed by atoms with van der Waals surface area (Å²) >= 11 is 0. The van der Waals surface area contributed by atoms with Crippen LogP contribution in [0.5, 0.6) is 11.5 Å². The number of benzene rings is 1. The zero-order valence-corrected chi connectivity index (χ0v) is 10.7. The van der Waals surface area contributed by atoms with Gasteiger partial charge in [-0.25, -0.2) is 0 Å². The highest BCUT2D eigenvalue weighted by Crippen LogP contribution is 2.22.